The van der Waals surface area contributed by atoms with Crippen LogP contribution in [0.15, 0.2) is 4.90 Å². The Morgan fingerprint density at radius 1 is 1.30 bits per heavy atom. The van der Waals surface area contributed by atoms with Crippen LogP contribution in [0.4, 0.5) is 0 Å². The van der Waals surface area contributed by atoms with Gasteiger partial charge in [0.15, 0.2) is 0 Å². The minimum atomic E-state index is -3.48. The molecule has 2 rings (SSSR count). The molecule has 132 valence electrons. The van der Waals surface area contributed by atoms with E-state index in [1.54, 1.807) is 11.2 Å². The van der Waals surface area contributed by atoms with Gasteiger partial charge >= 0.3 is 0 Å². The number of hydrogen-bond donors (Lipinski definition) is 0. The van der Waals surface area contributed by atoms with Crippen LogP contribution >= 0.6 is 0 Å². The maximum atomic E-state index is 13.2. The van der Waals surface area contributed by atoms with Crippen molar-refractivity contribution < 1.29 is 8.42 Å². The molecule has 1 aliphatic heterocycles. The van der Waals surface area contributed by atoms with Gasteiger partial charge < -0.3 is 4.90 Å². The number of aryl methyl sites for hydroxylation is 1. The van der Waals surface area contributed by atoms with Gasteiger partial charge in [0.1, 0.15) is 4.90 Å². The van der Waals surface area contributed by atoms with Gasteiger partial charge in [-0.3, -0.25) is 4.68 Å². The lowest BCUT2D eigenvalue weighted by Crippen LogP contribution is -2.37. The maximum absolute atomic E-state index is 13.2. The smallest absolute Gasteiger partial charge is 0.247 e. The van der Waals surface area contributed by atoms with Crippen molar-refractivity contribution in [2.75, 3.05) is 27.2 Å². The minimum absolute atomic E-state index is 0.101. The third-order valence-corrected chi connectivity index (χ3v) is 7.07. The van der Waals surface area contributed by atoms with E-state index in [1.807, 2.05) is 25.7 Å². The second-order valence-corrected chi connectivity index (χ2v) is 8.71. The zero-order valence-corrected chi connectivity index (χ0v) is 16.0. The number of nitrogens with zero attached hydrogens (tertiary/aromatic N) is 4. The van der Waals surface area contributed by atoms with Crippen molar-refractivity contribution >= 4 is 10.0 Å². The van der Waals surface area contributed by atoms with E-state index in [9.17, 15) is 8.42 Å². The Kier molecular flexibility index (Phi) is 5.53. The largest absolute Gasteiger partial charge is 0.308 e. The molecule has 0 saturated carbocycles. The minimum Gasteiger partial charge on any atom is -0.308 e. The molecule has 1 saturated heterocycles. The van der Waals surface area contributed by atoms with Crippen LogP contribution in [0, 0.1) is 19.8 Å². The lowest BCUT2D eigenvalue weighted by atomic mass is 10.0. The zero-order valence-electron chi connectivity index (χ0n) is 15.2. The highest BCUT2D eigenvalue weighted by atomic mass is 32.2. The van der Waals surface area contributed by atoms with E-state index < -0.39 is 10.0 Å². The first-order valence-electron chi connectivity index (χ1n) is 8.40. The first-order valence-corrected chi connectivity index (χ1v) is 9.84. The normalized spacial score (nSPS) is 23.1. The summed E-state index contributed by atoms with van der Waals surface area (Å²) in [6.45, 7) is 10.0. The van der Waals surface area contributed by atoms with Gasteiger partial charge in [-0.25, -0.2) is 8.42 Å². The summed E-state index contributed by atoms with van der Waals surface area (Å²) in [7, 11) is 0.526. The fourth-order valence-corrected chi connectivity index (χ4v) is 5.75. The maximum Gasteiger partial charge on any atom is 0.247 e. The molecule has 1 aromatic rings. The summed E-state index contributed by atoms with van der Waals surface area (Å²) >= 11 is 0. The summed E-state index contributed by atoms with van der Waals surface area (Å²) in [6, 6.07) is 0.101. The Morgan fingerprint density at radius 2 is 1.96 bits per heavy atom. The third kappa shape index (κ3) is 3.46. The summed E-state index contributed by atoms with van der Waals surface area (Å²) in [5.74, 6) is 0.416. The monoisotopic (exact) mass is 342 g/mol. The van der Waals surface area contributed by atoms with Gasteiger partial charge in [0, 0.05) is 19.1 Å². The summed E-state index contributed by atoms with van der Waals surface area (Å²) in [5, 5.41) is 4.47. The lowest BCUT2D eigenvalue weighted by Gasteiger charge is -2.25. The van der Waals surface area contributed by atoms with Crippen LogP contribution in [0.1, 0.15) is 38.1 Å². The van der Waals surface area contributed by atoms with Crippen molar-refractivity contribution in [2.24, 2.45) is 5.92 Å². The van der Waals surface area contributed by atoms with E-state index in [1.165, 1.54) is 0 Å². The van der Waals surface area contributed by atoms with Crippen LogP contribution in [-0.2, 0) is 16.6 Å². The van der Waals surface area contributed by atoms with Gasteiger partial charge in [-0.05, 0) is 46.7 Å². The molecule has 1 aromatic heterocycles. The Bertz CT molecular complexity index is 651. The molecular formula is C16H30N4O2S. The van der Waals surface area contributed by atoms with Crippen LogP contribution in [0.5, 0.6) is 0 Å². The molecule has 0 spiro atoms. The molecule has 6 nitrogen and oxygen atoms in total. The van der Waals surface area contributed by atoms with Gasteiger partial charge in [-0.15, -0.1) is 0 Å². The molecule has 0 aliphatic carbocycles. The Labute approximate surface area is 140 Å². The fourth-order valence-electron chi connectivity index (χ4n) is 3.56. The van der Waals surface area contributed by atoms with Crippen LogP contribution in [0.3, 0.4) is 0 Å². The molecule has 1 fully saturated rings. The van der Waals surface area contributed by atoms with E-state index in [0.29, 0.717) is 29.6 Å². The number of sulfonamides is 1. The standard InChI is InChI=1S/C16H30N4O2S/c1-7-15-12(2)8-9-20(15)23(21,22)16-13(3)17-19(14(16)4)11-10-18(5)6/h12,15H,7-11H2,1-6H3/t12-,15-/m0/s1. The van der Waals surface area contributed by atoms with Gasteiger partial charge in [0.05, 0.1) is 17.9 Å². The van der Waals surface area contributed by atoms with Crippen LogP contribution in [0.2, 0.25) is 0 Å². The molecule has 23 heavy (non-hydrogen) atoms. The first kappa shape index (κ1) is 18.4. The summed E-state index contributed by atoms with van der Waals surface area (Å²) in [4.78, 5) is 2.48. The fraction of sp³-hybridized carbons (Fsp3) is 0.812. The average molecular weight is 343 g/mol. The Balaban J connectivity index is 2.37. The average Bonchev–Trinajstić information content (AvgIpc) is 2.97. The van der Waals surface area contributed by atoms with Crippen molar-refractivity contribution in [2.45, 2.75) is 58.0 Å². The quantitative estimate of drug-likeness (QED) is 0.792. The molecular weight excluding hydrogens is 312 g/mol. The molecule has 2 atom stereocenters. The highest BCUT2D eigenvalue weighted by Crippen LogP contribution is 2.33. The first-order chi connectivity index (χ1) is 10.7. The molecule has 2 heterocycles. The number of likely N-dealkylation sites (N-methyl/N-ethyl adjacent to an activating group) is 1. The molecule has 7 heteroatoms. The van der Waals surface area contributed by atoms with E-state index in [0.717, 1.165) is 25.1 Å². The molecule has 0 radical (unpaired) electrons. The molecule has 1 aliphatic rings. The van der Waals surface area contributed by atoms with Crippen molar-refractivity contribution in [3.63, 3.8) is 0 Å². The van der Waals surface area contributed by atoms with Crippen molar-refractivity contribution in [3.05, 3.63) is 11.4 Å². The molecule has 0 aromatic carbocycles. The molecule has 0 amide bonds. The predicted octanol–water partition coefficient (Wildman–Crippen LogP) is 1.87. The van der Waals surface area contributed by atoms with Gasteiger partial charge in [-0.1, -0.05) is 13.8 Å². The molecule has 0 unspecified atom stereocenters. The van der Waals surface area contributed by atoms with Crippen LogP contribution in [0.25, 0.3) is 0 Å². The molecule has 0 bridgehead atoms. The molecule has 0 N–H and O–H groups in total. The van der Waals surface area contributed by atoms with Gasteiger partial charge in [-0.2, -0.15) is 9.40 Å². The Morgan fingerprint density at radius 3 is 2.52 bits per heavy atom. The third-order valence-electron chi connectivity index (χ3n) is 4.89. The van der Waals surface area contributed by atoms with E-state index >= 15 is 0 Å². The SMILES string of the molecule is CC[C@H]1[C@@H](C)CCN1S(=O)(=O)c1c(C)nn(CCN(C)C)c1C. The van der Waals surface area contributed by atoms with E-state index in [2.05, 4.69) is 23.8 Å². The number of hydrogen-bond acceptors (Lipinski definition) is 4. The van der Waals surface area contributed by atoms with Gasteiger partial charge in [0.2, 0.25) is 10.0 Å². The predicted molar refractivity (Wildman–Crippen MR) is 92.0 cm³/mol. The highest BCUT2D eigenvalue weighted by Gasteiger charge is 2.40. The Hall–Kier alpha value is -0.920. The second-order valence-electron chi connectivity index (χ2n) is 6.88. The van der Waals surface area contributed by atoms with E-state index in [-0.39, 0.29) is 6.04 Å². The van der Waals surface area contributed by atoms with Crippen LogP contribution in [-0.4, -0.2) is 60.6 Å². The van der Waals surface area contributed by atoms with Crippen molar-refractivity contribution in [1.29, 1.82) is 0 Å². The number of rotatable bonds is 6. The highest BCUT2D eigenvalue weighted by molar-refractivity contribution is 7.89. The van der Waals surface area contributed by atoms with E-state index in [4.69, 9.17) is 0 Å². The summed E-state index contributed by atoms with van der Waals surface area (Å²) in [6.07, 6.45) is 1.79. The van der Waals surface area contributed by atoms with Crippen LogP contribution < -0.4 is 0 Å². The zero-order chi connectivity index (χ0) is 17.4. The lowest BCUT2D eigenvalue weighted by molar-refractivity contribution is 0.339. The van der Waals surface area contributed by atoms with Gasteiger partial charge in [0.25, 0.3) is 0 Å². The van der Waals surface area contributed by atoms with Crippen molar-refractivity contribution in [1.82, 2.24) is 19.0 Å². The summed E-state index contributed by atoms with van der Waals surface area (Å²) in [5.41, 5.74) is 1.36. The topological polar surface area (TPSA) is 58.4 Å². The summed E-state index contributed by atoms with van der Waals surface area (Å²) < 4.78 is 29.9. The second kappa shape index (κ2) is 6.91. The number of aromatic nitrogens is 2. The van der Waals surface area contributed by atoms with Crippen molar-refractivity contribution in [3.8, 4) is 0 Å².